The number of halogens is 1. The van der Waals surface area contributed by atoms with Crippen LogP contribution in [0.1, 0.15) is 32.1 Å². The van der Waals surface area contributed by atoms with Crippen LogP contribution in [0.3, 0.4) is 0 Å². The first-order valence-corrected chi connectivity index (χ1v) is 8.69. The van der Waals surface area contributed by atoms with Gasteiger partial charge in [-0.25, -0.2) is 0 Å². The maximum atomic E-state index is 5.86. The van der Waals surface area contributed by atoms with E-state index < -0.39 is 0 Å². The zero-order valence-corrected chi connectivity index (χ0v) is 14.4. The first-order valence-electron chi connectivity index (χ1n) is 7.08. The van der Waals surface area contributed by atoms with Gasteiger partial charge in [-0.15, -0.1) is 11.3 Å². The number of thiophene rings is 1. The summed E-state index contributed by atoms with van der Waals surface area (Å²) in [4.78, 5) is 1.45. The molecule has 0 radical (unpaired) electrons. The highest BCUT2D eigenvalue weighted by Crippen LogP contribution is 2.39. The van der Waals surface area contributed by atoms with Gasteiger partial charge in [-0.3, -0.25) is 0 Å². The standard InChI is InChI=1S/C15H24BrNOS/c1-11(2)9-17-10-15(6-7-18-12(15)3)8-13-4-5-14(16)19-13/h4-5,11-12,17H,6-10H2,1-3H3. The van der Waals surface area contributed by atoms with Crippen LogP contribution in [0.5, 0.6) is 0 Å². The number of rotatable bonds is 6. The Bertz CT molecular complexity index is 407. The molecule has 1 aliphatic rings. The molecule has 1 saturated heterocycles. The summed E-state index contributed by atoms with van der Waals surface area (Å²) < 4.78 is 7.08. The summed E-state index contributed by atoms with van der Waals surface area (Å²) in [6.07, 6.45) is 2.62. The van der Waals surface area contributed by atoms with Crippen molar-refractivity contribution in [3.05, 3.63) is 20.8 Å². The average molecular weight is 346 g/mol. The molecule has 2 unspecified atom stereocenters. The lowest BCUT2D eigenvalue weighted by atomic mass is 9.78. The summed E-state index contributed by atoms with van der Waals surface area (Å²) in [7, 11) is 0. The van der Waals surface area contributed by atoms with Crippen molar-refractivity contribution in [2.75, 3.05) is 19.7 Å². The fourth-order valence-electron chi connectivity index (χ4n) is 2.75. The Morgan fingerprint density at radius 3 is 2.84 bits per heavy atom. The Labute approximate surface area is 129 Å². The molecule has 1 aromatic rings. The van der Waals surface area contributed by atoms with Crippen molar-refractivity contribution in [1.29, 1.82) is 0 Å². The molecule has 2 nitrogen and oxygen atoms in total. The fraction of sp³-hybridized carbons (Fsp3) is 0.733. The van der Waals surface area contributed by atoms with Gasteiger partial charge < -0.3 is 10.1 Å². The van der Waals surface area contributed by atoms with Crippen LogP contribution < -0.4 is 5.32 Å². The largest absolute Gasteiger partial charge is 0.378 e. The highest BCUT2D eigenvalue weighted by molar-refractivity contribution is 9.11. The molecule has 0 aliphatic carbocycles. The van der Waals surface area contributed by atoms with E-state index in [1.807, 2.05) is 11.3 Å². The van der Waals surface area contributed by atoms with Crippen LogP contribution in [-0.4, -0.2) is 25.8 Å². The van der Waals surface area contributed by atoms with E-state index in [9.17, 15) is 0 Å². The molecule has 4 heteroatoms. The van der Waals surface area contributed by atoms with Crippen molar-refractivity contribution < 1.29 is 4.74 Å². The molecule has 0 saturated carbocycles. The molecule has 1 N–H and O–H groups in total. The zero-order chi connectivity index (χ0) is 13.9. The molecule has 108 valence electrons. The van der Waals surface area contributed by atoms with E-state index in [1.54, 1.807) is 0 Å². The summed E-state index contributed by atoms with van der Waals surface area (Å²) >= 11 is 5.41. The Morgan fingerprint density at radius 1 is 1.53 bits per heavy atom. The molecule has 0 bridgehead atoms. The fourth-order valence-corrected chi connectivity index (χ4v) is 4.39. The quantitative estimate of drug-likeness (QED) is 0.838. The van der Waals surface area contributed by atoms with Gasteiger partial charge in [0.15, 0.2) is 0 Å². The topological polar surface area (TPSA) is 21.3 Å². The van der Waals surface area contributed by atoms with Crippen LogP contribution in [0, 0.1) is 11.3 Å². The Hall–Kier alpha value is 0.1000. The summed E-state index contributed by atoms with van der Waals surface area (Å²) in [5.74, 6) is 0.700. The highest BCUT2D eigenvalue weighted by atomic mass is 79.9. The summed E-state index contributed by atoms with van der Waals surface area (Å²) in [6, 6.07) is 4.39. The van der Waals surface area contributed by atoms with E-state index in [2.05, 4.69) is 54.2 Å². The third kappa shape index (κ3) is 4.03. The highest BCUT2D eigenvalue weighted by Gasteiger charge is 2.41. The molecule has 1 aliphatic heterocycles. The van der Waals surface area contributed by atoms with Crippen molar-refractivity contribution >= 4 is 27.3 Å². The van der Waals surface area contributed by atoms with Gasteiger partial charge in [-0.1, -0.05) is 13.8 Å². The first-order chi connectivity index (χ1) is 9.02. The maximum Gasteiger partial charge on any atom is 0.0701 e. The van der Waals surface area contributed by atoms with Gasteiger partial charge in [0.25, 0.3) is 0 Å². The summed E-state index contributed by atoms with van der Waals surface area (Å²) in [5, 5.41) is 3.64. The number of hydrogen-bond donors (Lipinski definition) is 1. The maximum absolute atomic E-state index is 5.86. The van der Waals surface area contributed by atoms with Crippen LogP contribution in [0.25, 0.3) is 0 Å². The van der Waals surface area contributed by atoms with Crippen molar-refractivity contribution in [3.8, 4) is 0 Å². The van der Waals surface area contributed by atoms with E-state index in [1.165, 1.54) is 8.66 Å². The third-order valence-electron chi connectivity index (χ3n) is 4.01. The van der Waals surface area contributed by atoms with E-state index >= 15 is 0 Å². The van der Waals surface area contributed by atoms with Crippen molar-refractivity contribution in [2.24, 2.45) is 11.3 Å². The molecule has 2 heterocycles. The molecule has 2 rings (SSSR count). The van der Waals surface area contributed by atoms with Crippen LogP contribution in [0.4, 0.5) is 0 Å². The van der Waals surface area contributed by atoms with Gasteiger partial charge in [0, 0.05) is 23.4 Å². The molecule has 19 heavy (non-hydrogen) atoms. The van der Waals surface area contributed by atoms with Crippen LogP contribution in [-0.2, 0) is 11.2 Å². The normalized spacial score (nSPS) is 27.3. The molecule has 0 amide bonds. The average Bonchev–Trinajstić information content (AvgIpc) is 2.87. The molecule has 0 spiro atoms. The van der Waals surface area contributed by atoms with Gasteiger partial charge in [-0.05, 0) is 60.3 Å². The Morgan fingerprint density at radius 2 is 2.32 bits per heavy atom. The van der Waals surface area contributed by atoms with Crippen LogP contribution >= 0.6 is 27.3 Å². The lowest BCUT2D eigenvalue weighted by Gasteiger charge is -2.32. The molecule has 1 aromatic heterocycles. The minimum Gasteiger partial charge on any atom is -0.378 e. The molecule has 1 fully saturated rings. The predicted octanol–water partition coefficient (Wildman–Crippen LogP) is 4.09. The van der Waals surface area contributed by atoms with E-state index in [0.717, 1.165) is 32.5 Å². The van der Waals surface area contributed by atoms with Gasteiger partial charge in [0.2, 0.25) is 0 Å². The molecular formula is C15H24BrNOS. The summed E-state index contributed by atoms with van der Waals surface area (Å²) in [6.45, 7) is 9.78. The second-order valence-electron chi connectivity index (χ2n) is 6.03. The SMILES string of the molecule is CC(C)CNCC1(Cc2ccc(Br)s2)CCOC1C. The Balaban J connectivity index is 2.02. The monoisotopic (exact) mass is 345 g/mol. The van der Waals surface area contributed by atoms with E-state index in [0.29, 0.717) is 12.0 Å². The van der Waals surface area contributed by atoms with Crippen molar-refractivity contribution in [2.45, 2.75) is 39.7 Å². The van der Waals surface area contributed by atoms with E-state index in [-0.39, 0.29) is 5.41 Å². The zero-order valence-electron chi connectivity index (χ0n) is 12.0. The molecule has 0 aromatic carbocycles. The second-order valence-corrected chi connectivity index (χ2v) is 8.58. The minimum atomic E-state index is 0.263. The van der Waals surface area contributed by atoms with Crippen molar-refractivity contribution in [1.82, 2.24) is 5.32 Å². The Kier molecular flexibility index (Phi) is 5.46. The van der Waals surface area contributed by atoms with Crippen molar-refractivity contribution in [3.63, 3.8) is 0 Å². The summed E-state index contributed by atoms with van der Waals surface area (Å²) in [5.41, 5.74) is 0.263. The molecular weight excluding hydrogens is 322 g/mol. The lowest BCUT2D eigenvalue weighted by molar-refractivity contribution is 0.0631. The van der Waals surface area contributed by atoms with Crippen LogP contribution in [0.2, 0.25) is 0 Å². The smallest absolute Gasteiger partial charge is 0.0701 e. The van der Waals surface area contributed by atoms with Gasteiger partial charge in [0.05, 0.1) is 9.89 Å². The van der Waals surface area contributed by atoms with Gasteiger partial charge in [0.1, 0.15) is 0 Å². The number of hydrogen-bond acceptors (Lipinski definition) is 3. The third-order valence-corrected chi connectivity index (χ3v) is 5.64. The van der Waals surface area contributed by atoms with Crippen LogP contribution in [0.15, 0.2) is 15.9 Å². The van der Waals surface area contributed by atoms with Gasteiger partial charge >= 0.3 is 0 Å². The van der Waals surface area contributed by atoms with E-state index in [4.69, 9.17) is 4.74 Å². The molecule has 2 atom stereocenters. The number of ether oxygens (including phenoxy) is 1. The minimum absolute atomic E-state index is 0.263. The second kappa shape index (κ2) is 6.70. The number of nitrogens with one attached hydrogen (secondary N) is 1. The predicted molar refractivity (Wildman–Crippen MR) is 85.9 cm³/mol. The first kappa shape index (κ1) is 15.5. The van der Waals surface area contributed by atoms with Gasteiger partial charge in [-0.2, -0.15) is 0 Å². The lowest BCUT2D eigenvalue weighted by Crippen LogP contribution is -2.42.